The first-order valence-electron chi connectivity index (χ1n) is 8.13. The molecule has 0 radical (unpaired) electrons. The van der Waals surface area contributed by atoms with Crippen molar-refractivity contribution in [2.75, 3.05) is 19.6 Å². The molecule has 4 heteroatoms. The van der Waals surface area contributed by atoms with Crippen LogP contribution in [0, 0.1) is 0 Å². The summed E-state index contributed by atoms with van der Waals surface area (Å²) < 4.78 is 0. The Morgan fingerprint density at radius 1 is 1.32 bits per heavy atom. The van der Waals surface area contributed by atoms with Crippen molar-refractivity contribution < 1.29 is 4.79 Å². The fourth-order valence-corrected chi connectivity index (χ4v) is 3.88. The Kier molecular flexibility index (Phi) is 4.84. The standard InChI is InChI=1S/C18H23ClN2O/c1-2-18(22)21-16-8-9-17(21)13-20(12-16)10-4-6-14-5-3-7-15(19)11-14/h3-7,11,16-17H,2,8-10,12-13H2,1H3. The van der Waals surface area contributed by atoms with Gasteiger partial charge in [-0.3, -0.25) is 9.69 Å². The molecule has 2 aliphatic rings. The number of halogens is 1. The number of rotatable bonds is 4. The Bertz CT molecular complexity index is 558. The van der Waals surface area contributed by atoms with Crippen LogP contribution in [0.2, 0.25) is 5.02 Å². The molecule has 0 N–H and O–H groups in total. The third kappa shape index (κ3) is 3.36. The second-order valence-corrected chi connectivity index (χ2v) is 6.65. The number of amides is 1. The predicted octanol–water partition coefficient (Wildman–Crippen LogP) is 3.44. The van der Waals surface area contributed by atoms with Crippen LogP contribution in [0.15, 0.2) is 30.3 Å². The molecule has 2 unspecified atom stereocenters. The molecule has 3 nitrogen and oxygen atoms in total. The van der Waals surface area contributed by atoms with E-state index in [1.165, 1.54) is 0 Å². The van der Waals surface area contributed by atoms with Gasteiger partial charge in [0.1, 0.15) is 0 Å². The molecule has 3 rings (SSSR count). The van der Waals surface area contributed by atoms with E-state index in [4.69, 9.17) is 11.6 Å². The lowest BCUT2D eigenvalue weighted by Crippen LogP contribution is -2.55. The zero-order valence-electron chi connectivity index (χ0n) is 13.0. The first-order valence-corrected chi connectivity index (χ1v) is 8.51. The van der Waals surface area contributed by atoms with E-state index in [9.17, 15) is 4.79 Å². The molecule has 2 aliphatic heterocycles. The number of hydrogen-bond acceptors (Lipinski definition) is 2. The number of benzene rings is 1. The monoisotopic (exact) mass is 318 g/mol. The molecular weight excluding hydrogens is 296 g/mol. The molecule has 2 fully saturated rings. The fourth-order valence-electron chi connectivity index (χ4n) is 3.68. The molecular formula is C18H23ClN2O. The van der Waals surface area contributed by atoms with Gasteiger partial charge in [0, 0.05) is 43.2 Å². The van der Waals surface area contributed by atoms with E-state index >= 15 is 0 Å². The SMILES string of the molecule is CCC(=O)N1C2CCC1CN(CC=Cc1cccc(Cl)c1)C2. The molecule has 1 aromatic rings. The van der Waals surface area contributed by atoms with Gasteiger partial charge < -0.3 is 4.90 Å². The van der Waals surface area contributed by atoms with Gasteiger partial charge in [-0.15, -0.1) is 0 Å². The van der Waals surface area contributed by atoms with Gasteiger partial charge in [0.25, 0.3) is 0 Å². The van der Waals surface area contributed by atoms with Crippen LogP contribution in [-0.2, 0) is 4.79 Å². The number of carbonyl (C=O) groups excluding carboxylic acids is 1. The molecule has 0 saturated carbocycles. The van der Waals surface area contributed by atoms with E-state index in [2.05, 4.69) is 28.0 Å². The highest BCUT2D eigenvalue weighted by Crippen LogP contribution is 2.30. The van der Waals surface area contributed by atoms with Crippen LogP contribution in [0.3, 0.4) is 0 Å². The summed E-state index contributed by atoms with van der Waals surface area (Å²) in [4.78, 5) is 16.7. The Morgan fingerprint density at radius 2 is 2.05 bits per heavy atom. The molecule has 0 aliphatic carbocycles. The molecule has 2 heterocycles. The molecule has 0 spiro atoms. The Labute approximate surface area is 137 Å². The molecule has 22 heavy (non-hydrogen) atoms. The van der Waals surface area contributed by atoms with Crippen LogP contribution in [-0.4, -0.2) is 47.4 Å². The first kappa shape index (κ1) is 15.6. The second-order valence-electron chi connectivity index (χ2n) is 6.22. The fraction of sp³-hybridized carbons (Fsp3) is 0.500. The maximum Gasteiger partial charge on any atom is 0.222 e. The zero-order chi connectivity index (χ0) is 15.5. The van der Waals surface area contributed by atoms with Crippen molar-refractivity contribution in [3.05, 3.63) is 40.9 Å². The third-order valence-corrected chi connectivity index (χ3v) is 4.91. The predicted molar refractivity (Wildman–Crippen MR) is 90.9 cm³/mol. The number of piperazine rings is 1. The minimum Gasteiger partial charge on any atom is -0.334 e. The lowest BCUT2D eigenvalue weighted by molar-refractivity contribution is -0.136. The molecule has 2 atom stereocenters. The zero-order valence-corrected chi connectivity index (χ0v) is 13.8. The van der Waals surface area contributed by atoms with Crippen molar-refractivity contribution in [1.82, 2.24) is 9.80 Å². The van der Waals surface area contributed by atoms with Crippen molar-refractivity contribution >= 4 is 23.6 Å². The van der Waals surface area contributed by atoms with E-state index in [1.54, 1.807) is 0 Å². The van der Waals surface area contributed by atoms with Crippen LogP contribution < -0.4 is 0 Å². The van der Waals surface area contributed by atoms with E-state index < -0.39 is 0 Å². The highest BCUT2D eigenvalue weighted by Gasteiger charge is 2.41. The minimum absolute atomic E-state index is 0.321. The summed E-state index contributed by atoms with van der Waals surface area (Å²) in [6.45, 7) is 4.90. The highest BCUT2D eigenvalue weighted by atomic mass is 35.5. The summed E-state index contributed by atoms with van der Waals surface area (Å²) in [5.74, 6) is 0.321. The number of hydrogen-bond donors (Lipinski definition) is 0. The minimum atomic E-state index is 0.321. The van der Waals surface area contributed by atoms with Gasteiger partial charge in [-0.1, -0.05) is 42.8 Å². The van der Waals surface area contributed by atoms with Gasteiger partial charge in [-0.25, -0.2) is 0 Å². The van der Waals surface area contributed by atoms with E-state index in [-0.39, 0.29) is 0 Å². The van der Waals surface area contributed by atoms with Gasteiger partial charge in [-0.05, 0) is 30.5 Å². The molecule has 1 amide bonds. The van der Waals surface area contributed by atoms with Crippen molar-refractivity contribution in [2.45, 2.75) is 38.3 Å². The number of carbonyl (C=O) groups is 1. The molecule has 2 bridgehead atoms. The lowest BCUT2D eigenvalue weighted by Gasteiger charge is -2.40. The highest BCUT2D eigenvalue weighted by molar-refractivity contribution is 6.30. The van der Waals surface area contributed by atoms with Gasteiger partial charge in [0.05, 0.1) is 0 Å². The topological polar surface area (TPSA) is 23.6 Å². The Hall–Kier alpha value is -1.32. The summed E-state index contributed by atoms with van der Waals surface area (Å²) in [6.07, 6.45) is 7.26. The van der Waals surface area contributed by atoms with Crippen molar-refractivity contribution in [2.24, 2.45) is 0 Å². The molecule has 1 aromatic carbocycles. The summed E-state index contributed by atoms with van der Waals surface area (Å²) in [5.41, 5.74) is 1.13. The van der Waals surface area contributed by atoms with Crippen LogP contribution in [0.1, 0.15) is 31.7 Å². The quantitative estimate of drug-likeness (QED) is 0.849. The molecule has 2 saturated heterocycles. The Balaban J connectivity index is 1.57. The van der Waals surface area contributed by atoms with E-state index in [1.807, 2.05) is 25.1 Å². The summed E-state index contributed by atoms with van der Waals surface area (Å²) >= 11 is 6.00. The van der Waals surface area contributed by atoms with Crippen molar-refractivity contribution in [1.29, 1.82) is 0 Å². The summed E-state index contributed by atoms with van der Waals surface area (Å²) in [5, 5.41) is 0.770. The first-order chi connectivity index (χ1) is 10.7. The Morgan fingerprint density at radius 3 is 2.68 bits per heavy atom. The van der Waals surface area contributed by atoms with Gasteiger partial charge in [0.15, 0.2) is 0 Å². The summed E-state index contributed by atoms with van der Waals surface area (Å²) in [7, 11) is 0. The maximum atomic E-state index is 12.0. The summed E-state index contributed by atoms with van der Waals surface area (Å²) in [6, 6.07) is 8.73. The third-order valence-electron chi connectivity index (χ3n) is 4.67. The maximum absolute atomic E-state index is 12.0. The largest absolute Gasteiger partial charge is 0.334 e. The molecule has 118 valence electrons. The van der Waals surface area contributed by atoms with E-state index in [0.717, 1.165) is 43.1 Å². The lowest BCUT2D eigenvalue weighted by atomic mass is 10.1. The number of likely N-dealkylation sites (tertiary alicyclic amines) is 1. The van der Waals surface area contributed by atoms with Gasteiger partial charge >= 0.3 is 0 Å². The molecule has 0 aromatic heterocycles. The second kappa shape index (κ2) is 6.84. The van der Waals surface area contributed by atoms with Crippen LogP contribution in [0.4, 0.5) is 0 Å². The van der Waals surface area contributed by atoms with Gasteiger partial charge in [0.2, 0.25) is 5.91 Å². The number of nitrogens with zero attached hydrogens (tertiary/aromatic N) is 2. The van der Waals surface area contributed by atoms with Crippen molar-refractivity contribution in [3.8, 4) is 0 Å². The van der Waals surface area contributed by atoms with Gasteiger partial charge in [-0.2, -0.15) is 0 Å². The normalized spacial score (nSPS) is 25.1. The van der Waals surface area contributed by atoms with E-state index in [0.29, 0.717) is 24.4 Å². The van der Waals surface area contributed by atoms with Crippen molar-refractivity contribution in [3.63, 3.8) is 0 Å². The number of fused-ring (bicyclic) bond motifs is 2. The average Bonchev–Trinajstić information content (AvgIpc) is 2.77. The average molecular weight is 319 g/mol. The van der Waals surface area contributed by atoms with Crippen LogP contribution >= 0.6 is 11.6 Å². The van der Waals surface area contributed by atoms with Crippen LogP contribution in [0.25, 0.3) is 6.08 Å². The smallest absolute Gasteiger partial charge is 0.222 e. The van der Waals surface area contributed by atoms with Crippen LogP contribution in [0.5, 0.6) is 0 Å².